The molecule has 1 saturated heterocycles. The monoisotopic (exact) mass is 268 g/mol. The molecule has 0 spiro atoms. The van der Waals surface area contributed by atoms with Gasteiger partial charge in [-0.15, -0.1) is 0 Å². The summed E-state index contributed by atoms with van der Waals surface area (Å²) in [5.74, 6) is 0. The molecule has 0 aliphatic carbocycles. The second kappa shape index (κ2) is 5.19. The van der Waals surface area contributed by atoms with Crippen LogP contribution in [0.4, 0.5) is 0 Å². The van der Waals surface area contributed by atoms with Gasteiger partial charge < -0.3 is 5.73 Å². The van der Waals surface area contributed by atoms with Gasteiger partial charge in [-0.1, -0.05) is 50.2 Å². The van der Waals surface area contributed by atoms with Crippen LogP contribution in [0.2, 0.25) is 0 Å². The predicted octanol–water partition coefficient (Wildman–Crippen LogP) is 3.40. The van der Waals surface area contributed by atoms with Crippen LogP contribution in [-0.2, 0) is 6.54 Å². The first-order chi connectivity index (χ1) is 9.54. The highest BCUT2D eigenvalue weighted by molar-refractivity contribution is 5.82. The number of piperidine rings is 1. The van der Waals surface area contributed by atoms with E-state index in [1.165, 1.54) is 16.3 Å². The third kappa shape index (κ3) is 2.72. The Kier molecular flexibility index (Phi) is 3.53. The van der Waals surface area contributed by atoms with Gasteiger partial charge in [0.2, 0.25) is 0 Å². The molecule has 3 rings (SSSR count). The summed E-state index contributed by atoms with van der Waals surface area (Å²) < 4.78 is 0. The van der Waals surface area contributed by atoms with Crippen LogP contribution in [0.3, 0.4) is 0 Å². The molecule has 1 fully saturated rings. The molecular weight excluding hydrogens is 244 g/mol. The normalized spacial score (nSPS) is 23.1. The fourth-order valence-corrected chi connectivity index (χ4v) is 3.22. The maximum Gasteiger partial charge on any atom is 0.0234 e. The summed E-state index contributed by atoms with van der Waals surface area (Å²) >= 11 is 0. The van der Waals surface area contributed by atoms with Crippen molar-refractivity contribution < 1.29 is 0 Å². The minimum absolute atomic E-state index is 0.217. The van der Waals surface area contributed by atoms with Gasteiger partial charge in [-0.3, -0.25) is 4.90 Å². The van der Waals surface area contributed by atoms with Crippen LogP contribution in [0.5, 0.6) is 0 Å². The lowest BCUT2D eigenvalue weighted by Gasteiger charge is -2.42. The van der Waals surface area contributed by atoms with Crippen molar-refractivity contribution in [2.24, 2.45) is 11.1 Å². The molecule has 1 aliphatic rings. The van der Waals surface area contributed by atoms with E-state index in [1.54, 1.807) is 0 Å². The van der Waals surface area contributed by atoms with Gasteiger partial charge in [-0.05, 0) is 34.2 Å². The zero-order valence-electron chi connectivity index (χ0n) is 12.5. The van der Waals surface area contributed by atoms with Crippen LogP contribution in [0, 0.1) is 5.41 Å². The SMILES string of the molecule is CC1(C)CN(Cc2ccc3ccccc3c2)CCC1N. The molecule has 0 radical (unpaired) electrons. The zero-order chi connectivity index (χ0) is 14.2. The van der Waals surface area contributed by atoms with Gasteiger partial charge in [0, 0.05) is 25.7 Å². The van der Waals surface area contributed by atoms with E-state index in [0.717, 1.165) is 26.1 Å². The van der Waals surface area contributed by atoms with E-state index in [2.05, 4.69) is 61.2 Å². The van der Waals surface area contributed by atoms with E-state index in [1.807, 2.05) is 0 Å². The Morgan fingerprint density at radius 2 is 1.90 bits per heavy atom. The fraction of sp³-hybridized carbons (Fsp3) is 0.444. The topological polar surface area (TPSA) is 29.3 Å². The second-order valence-electron chi connectivity index (χ2n) is 6.78. The summed E-state index contributed by atoms with van der Waals surface area (Å²) in [4.78, 5) is 2.54. The highest BCUT2D eigenvalue weighted by atomic mass is 15.1. The van der Waals surface area contributed by atoms with Crippen LogP contribution in [0.15, 0.2) is 42.5 Å². The predicted molar refractivity (Wildman–Crippen MR) is 85.6 cm³/mol. The largest absolute Gasteiger partial charge is 0.327 e. The van der Waals surface area contributed by atoms with E-state index in [9.17, 15) is 0 Å². The third-order valence-electron chi connectivity index (χ3n) is 4.61. The van der Waals surface area contributed by atoms with E-state index >= 15 is 0 Å². The molecule has 2 heteroatoms. The number of hydrogen-bond acceptors (Lipinski definition) is 2. The second-order valence-corrected chi connectivity index (χ2v) is 6.78. The van der Waals surface area contributed by atoms with Crippen molar-refractivity contribution in [1.82, 2.24) is 4.90 Å². The minimum atomic E-state index is 0.217. The molecule has 2 nitrogen and oxygen atoms in total. The Morgan fingerprint density at radius 3 is 2.65 bits per heavy atom. The van der Waals surface area contributed by atoms with Gasteiger partial charge in [0.1, 0.15) is 0 Å². The zero-order valence-corrected chi connectivity index (χ0v) is 12.5. The Labute approximate surface area is 121 Å². The van der Waals surface area contributed by atoms with Gasteiger partial charge in [0.25, 0.3) is 0 Å². The quantitative estimate of drug-likeness (QED) is 0.904. The molecule has 0 amide bonds. The molecule has 0 saturated carbocycles. The van der Waals surface area contributed by atoms with Crippen LogP contribution < -0.4 is 5.73 Å². The first kappa shape index (κ1) is 13.6. The van der Waals surface area contributed by atoms with Gasteiger partial charge in [0.15, 0.2) is 0 Å². The van der Waals surface area contributed by atoms with E-state index in [-0.39, 0.29) is 5.41 Å². The van der Waals surface area contributed by atoms with Crippen molar-refractivity contribution in [1.29, 1.82) is 0 Å². The highest BCUT2D eigenvalue weighted by Gasteiger charge is 2.33. The number of hydrogen-bond donors (Lipinski definition) is 1. The molecule has 0 aromatic heterocycles. The number of rotatable bonds is 2. The average molecular weight is 268 g/mol. The molecule has 20 heavy (non-hydrogen) atoms. The molecule has 2 N–H and O–H groups in total. The maximum atomic E-state index is 6.22. The molecule has 0 bridgehead atoms. The molecular formula is C18H24N2. The van der Waals surface area contributed by atoms with E-state index in [4.69, 9.17) is 5.73 Å². The Bertz CT molecular complexity index is 603. The number of benzene rings is 2. The van der Waals surface area contributed by atoms with Crippen molar-refractivity contribution in [3.63, 3.8) is 0 Å². The number of likely N-dealkylation sites (tertiary alicyclic amines) is 1. The van der Waals surface area contributed by atoms with Gasteiger partial charge in [-0.2, -0.15) is 0 Å². The molecule has 1 atom stereocenters. The van der Waals surface area contributed by atoms with Crippen molar-refractivity contribution >= 4 is 10.8 Å². The molecule has 106 valence electrons. The minimum Gasteiger partial charge on any atom is -0.327 e. The standard InChI is InChI=1S/C18H24N2/c1-18(2)13-20(10-9-17(18)19)12-14-7-8-15-5-3-4-6-16(15)11-14/h3-8,11,17H,9-10,12-13,19H2,1-2H3. The smallest absolute Gasteiger partial charge is 0.0234 e. The van der Waals surface area contributed by atoms with Gasteiger partial charge in [0.05, 0.1) is 0 Å². The maximum absolute atomic E-state index is 6.22. The average Bonchev–Trinajstić information content (AvgIpc) is 2.42. The molecule has 2 aromatic rings. The molecule has 2 aromatic carbocycles. The Balaban J connectivity index is 1.76. The number of fused-ring (bicyclic) bond motifs is 1. The molecule has 1 aliphatic heterocycles. The molecule has 1 heterocycles. The summed E-state index contributed by atoms with van der Waals surface area (Å²) in [6, 6.07) is 15.7. The number of nitrogens with zero attached hydrogens (tertiary/aromatic N) is 1. The lowest BCUT2D eigenvalue weighted by Crippen LogP contribution is -2.52. The summed E-state index contributed by atoms with van der Waals surface area (Å²) in [7, 11) is 0. The lowest BCUT2D eigenvalue weighted by atomic mass is 9.79. The van der Waals surface area contributed by atoms with E-state index in [0.29, 0.717) is 6.04 Å². The van der Waals surface area contributed by atoms with Gasteiger partial charge in [-0.25, -0.2) is 0 Å². The first-order valence-electron chi connectivity index (χ1n) is 7.50. The third-order valence-corrected chi connectivity index (χ3v) is 4.61. The van der Waals surface area contributed by atoms with Crippen molar-refractivity contribution in [2.75, 3.05) is 13.1 Å². The summed E-state index contributed by atoms with van der Waals surface area (Å²) in [6.45, 7) is 7.79. The van der Waals surface area contributed by atoms with Crippen LogP contribution >= 0.6 is 0 Å². The highest BCUT2D eigenvalue weighted by Crippen LogP contribution is 2.29. The first-order valence-corrected chi connectivity index (χ1v) is 7.50. The summed E-state index contributed by atoms with van der Waals surface area (Å²) in [5.41, 5.74) is 7.83. The lowest BCUT2D eigenvalue weighted by molar-refractivity contribution is 0.0899. The summed E-state index contributed by atoms with van der Waals surface area (Å²) in [6.07, 6.45) is 1.10. The van der Waals surface area contributed by atoms with Crippen molar-refractivity contribution in [3.8, 4) is 0 Å². The number of nitrogens with two attached hydrogens (primary N) is 1. The summed E-state index contributed by atoms with van der Waals surface area (Å²) in [5, 5.41) is 2.65. The van der Waals surface area contributed by atoms with Crippen LogP contribution in [0.1, 0.15) is 25.8 Å². The van der Waals surface area contributed by atoms with Crippen LogP contribution in [0.25, 0.3) is 10.8 Å². The van der Waals surface area contributed by atoms with Gasteiger partial charge >= 0.3 is 0 Å². The van der Waals surface area contributed by atoms with Crippen molar-refractivity contribution in [3.05, 3.63) is 48.0 Å². The molecule has 1 unspecified atom stereocenters. The Morgan fingerprint density at radius 1 is 1.15 bits per heavy atom. The van der Waals surface area contributed by atoms with Crippen molar-refractivity contribution in [2.45, 2.75) is 32.9 Å². The Hall–Kier alpha value is -1.38. The van der Waals surface area contributed by atoms with Crippen LogP contribution in [-0.4, -0.2) is 24.0 Å². The van der Waals surface area contributed by atoms with E-state index < -0.39 is 0 Å². The fourth-order valence-electron chi connectivity index (χ4n) is 3.22.